The van der Waals surface area contributed by atoms with Gasteiger partial charge in [0.15, 0.2) is 6.61 Å². The average molecular weight is 345 g/mol. The first kappa shape index (κ1) is 20.6. The van der Waals surface area contributed by atoms with Crippen LogP contribution in [0, 0.1) is 12.3 Å². The summed E-state index contributed by atoms with van der Waals surface area (Å²) in [6, 6.07) is 3.23. The summed E-state index contributed by atoms with van der Waals surface area (Å²) in [5, 5.41) is 13.1. The molecule has 136 valence electrons. The summed E-state index contributed by atoms with van der Waals surface area (Å²) in [5.41, 5.74) is 0.902. The minimum atomic E-state index is -0.619. The molecule has 1 aromatic rings. The third-order valence-electron chi connectivity index (χ3n) is 3.68. The lowest BCUT2D eigenvalue weighted by Crippen LogP contribution is -2.29. The van der Waals surface area contributed by atoms with Crippen molar-refractivity contribution in [1.29, 1.82) is 0 Å². The number of benzene rings is 1. The molecule has 5 heteroatoms. The number of esters is 1. The van der Waals surface area contributed by atoms with E-state index in [1.165, 1.54) is 0 Å². The summed E-state index contributed by atoms with van der Waals surface area (Å²) in [6.45, 7) is 11.4. The first-order valence-corrected chi connectivity index (χ1v) is 8.13. The third kappa shape index (κ3) is 5.53. The van der Waals surface area contributed by atoms with E-state index >= 15 is 0 Å². The van der Waals surface area contributed by atoms with Crippen LogP contribution in [-0.2, 0) is 20.4 Å². The van der Waals surface area contributed by atoms with Gasteiger partial charge in [-0.1, -0.05) is 47.5 Å². The van der Waals surface area contributed by atoms with Gasteiger partial charge in [-0.25, -0.2) is 4.79 Å². The van der Waals surface area contributed by atoms with Gasteiger partial charge in [-0.05, 0) is 23.0 Å². The van der Waals surface area contributed by atoms with Crippen LogP contribution in [0.4, 0.5) is 0 Å². The Balaban J connectivity index is 3.17. The molecular weight excluding hydrogens is 318 g/mol. The second kappa shape index (κ2) is 7.60. The number of ether oxygens (including phenoxy) is 1. The number of terminal acetylenes is 1. The molecule has 0 aliphatic heterocycles. The molecule has 0 saturated carbocycles. The highest BCUT2D eigenvalue weighted by molar-refractivity contribution is 5.92. The zero-order valence-corrected chi connectivity index (χ0v) is 15.8. The number of carbonyl (C=O) groups is 2. The van der Waals surface area contributed by atoms with E-state index in [4.69, 9.17) is 11.2 Å². The minimum absolute atomic E-state index is 0.0813. The molecule has 0 heterocycles. The van der Waals surface area contributed by atoms with Crippen molar-refractivity contribution < 1.29 is 19.4 Å². The van der Waals surface area contributed by atoms with E-state index in [9.17, 15) is 14.7 Å². The molecule has 0 saturated heterocycles. The summed E-state index contributed by atoms with van der Waals surface area (Å²) in [6.07, 6.45) is 5.06. The van der Waals surface area contributed by atoms with Crippen LogP contribution in [0.2, 0.25) is 0 Å². The van der Waals surface area contributed by atoms with Gasteiger partial charge in [0.1, 0.15) is 5.75 Å². The summed E-state index contributed by atoms with van der Waals surface area (Å²) in [5.74, 6) is 1.38. The number of amides is 1. The predicted molar refractivity (Wildman–Crippen MR) is 97.6 cm³/mol. The summed E-state index contributed by atoms with van der Waals surface area (Å²) < 4.78 is 5.06. The van der Waals surface area contributed by atoms with Crippen molar-refractivity contribution in [3.63, 3.8) is 0 Å². The molecule has 0 fully saturated rings. The molecular formula is C20H27NO4. The lowest BCUT2D eigenvalue weighted by Gasteiger charge is -2.27. The molecule has 0 aromatic heterocycles. The Bertz CT molecular complexity index is 665. The molecule has 5 nitrogen and oxygen atoms in total. The van der Waals surface area contributed by atoms with E-state index in [1.807, 2.05) is 41.5 Å². The number of phenols is 1. The molecule has 1 amide bonds. The molecule has 0 atom stereocenters. The largest absolute Gasteiger partial charge is 0.507 e. The van der Waals surface area contributed by atoms with E-state index < -0.39 is 18.5 Å². The van der Waals surface area contributed by atoms with Gasteiger partial charge < -0.3 is 15.2 Å². The first-order chi connectivity index (χ1) is 11.4. The van der Waals surface area contributed by atoms with Crippen molar-refractivity contribution >= 4 is 11.9 Å². The zero-order chi connectivity index (χ0) is 19.4. The van der Waals surface area contributed by atoms with Gasteiger partial charge in [-0.2, -0.15) is 0 Å². The van der Waals surface area contributed by atoms with Crippen molar-refractivity contribution in [2.75, 3.05) is 13.2 Å². The topological polar surface area (TPSA) is 75.6 Å². The minimum Gasteiger partial charge on any atom is -0.507 e. The van der Waals surface area contributed by atoms with Crippen LogP contribution in [0.3, 0.4) is 0 Å². The predicted octanol–water partition coefficient (Wildman–Crippen LogP) is 2.89. The number of nitrogens with one attached hydrogen (secondary N) is 1. The number of hydrogen-bond acceptors (Lipinski definition) is 4. The smallest absolute Gasteiger partial charge is 0.338 e. The van der Waals surface area contributed by atoms with Crippen LogP contribution in [0.15, 0.2) is 12.1 Å². The Kier molecular flexibility index (Phi) is 6.26. The number of aromatic hydroxyl groups is 1. The molecule has 1 rings (SSSR count). The van der Waals surface area contributed by atoms with Crippen LogP contribution in [0.25, 0.3) is 0 Å². The van der Waals surface area contributed by atoms with Crippen LogP contribution in [-0.4, -0.2) is 30.1 Å². The Morgan fingerprint density at radius 2 is 1.60 bits per heavy atom. The van der Waals surface area contributed by atoms with E-state index in [-0.39, 0.29) is 23.1 Å². The lowest BCUT2D eigenvalue weighted by atomic mass is 9.78. The molecule has 0 radical (unpaired) electrons. The van der Waals surface area contributed by atoms with Crippen molar-refractivity contribution in [2.24, 2.45) is 0 Å². The lowest BCUT2D eigenvalue weighted by molar-refractivity contribution is -0.123. The quantitative estimate of drug-likeness (QED) is 0.650. The highest BCUT2D eigenvalue weighted by atomic mass is 16.5. The molecule has 0 spiro atoms. The highest BCUT2D eigenvalue weighted by Gasteiger charge is 2.28. The monoisotopic (exact) mass is 345 g/mol. The maximum Gasteiger partial charge on any atom is 0.338 e. The number of phenolic OH excluding ortho intramolecular Hbond substituents is 1. The zero-order valence-electron chi connectivity index (χ0n) is 15.8. The summed E-state index contributed by atoms with van der Waals surface area (Å²) in [7, 11) is 0. The fraction of sp³-hybridized carbons (Fsp3) is 0.500. The van der Waals surface area contributed by atoms with Gasteiger partial charge in [0.2, 0.25) is 0 Å². The van der Waals surface area contributed by atoms with Crippen molar-refractivity contribution in [1.82, 2.24) is 5.32 Å². The van der Waals surface area contributed by atoms with Crippen molar-refractivity contribution in [3.05, 3.63) is 28.8 Å². The number of carbonyl (C=O) groups excluding carboxylic acids is 2. The van der Waals surface area contributed by atoms with Crippen LogP contribution in [0.1, 0.15) is 63.0 Å². The number of hydrogen-bond donors (Lipinski definition) is 2. The van der Waals surface area contributed by atoms with E-state index in [0.29, 0.717) is 16.7 Å². The average Bonchev–Trinajstić information content (AvgIpc) is 2.48. The fourth-order valence-corrected chi connectivity index (χ4v) is 2.31. The van der Waals surface area contributed by atoms with E-state index in [0.717, 1.165) is 0 Å². The van der Waals surface area contributed by atoms with Gasteiger partial charge in [0.05, 0.1) is 12.1 Å². The van der Waals surface area contributed by atoms with Gasteiger partial charge in [0, 0.05) is 11.1 Å². The molecule has 2 N–H and O–H groups in total. The third-order valence-corrected chi connectivity index (χ3v) is 3.68. The van der Waals surface area contributed by atoms with Crippen LogP contribution < -0.4 is 5.32 Å². The van der Waals surface area contributed by atoms with Crippen molar-refractivity contribution in [3.8, 4) is 18.1 Å². The second-order valence-electron chi connectivity index (χ2n) is 7.98. The fourth-order valence-electron chi connectivity index (χ4n) is 2.31. The van der Waals surface area contributed by atoms with E-state index in [2.05, 4.69) is 11.2 Å². The Morgan fingerprint density at radius 1 is 1.12 bits per heavy atom. The highest BCUT2D eigenvalue weighted by Crippen LogP contribution is 2.39. The van der Waals surface area contributed by atoms with Gasteiger partial charge in [-0.15, -0.1) is 6.42 Å². The molecule has 0 unspecified atom stereocenters. The Hall–Kier alpha value is -2.48. The van der Waals surface area contributed by atoms with Gasteiger partial charge in [0.25, 0.3) is 5.91 Å². The summed E-state index contributed by atoms with van der Waals surface area (Å²) >= 11 is 0. The molecule has 0 aliphatic carbocycles. The molecule has 0 bridgehead atoms. The Morgan fingerprint density at radius 3 is 2.00 bits per heavy atom. The van der Waals surface area contributed by atoms with Crippen LogP contribution >= 0.6 is 0 Å². The normalized spacial score (nSPS) is 11.6. The molecule has 0 aliphatic rings. The van der Waals surface area contributed by atoms with Gasteiger partial charge >= 0.3 is 5.97 Å². The van der Waals surface area contributed by atoms with Crippen LogP contribution in [0.5, 0.6) is 5.75 Å². The maximum atomic E-state index is 12.4. The second-order valence-corrected chi connectivity index (χ2v) is 7.98. The summed E-state index contributed by atoms with van der Waals surface area (Å²) in [4.78, 5) is 23.9. The standard InChI is InChI=1S/C20H27NO4/c1-8-9-21-16(22)12-25-18(24)13-10-14(19(2,3)4)17(23)15(11-13)20(5,6)7/h1,10-11,23H,9,12H2,2-7H3,(H,21,22). The molecule has 25 heavy (non-hydrogen) atoms. The SMILES string of the molecule is C#CCNC(=O)COC(=O)c1cc(C(C)(C)C)c(O)c(C(C)(C)C)c1. The first-order valence-electron chi connectivity index (χ1n) is 8.13. The Labute approximate surface area is 149 Å². The van der Waals surface area contributed by atoms with E-state index in [1.54, 1.807) is 12.1 Å². The maximum absolute atomic E-state index is 12.4. The van der Waals surface area contributed by atoms with Crippen molar-refractivity contribution in [2.45, 2.75) is 52.4 Å². The van der Waals surface area contributed by atoms with Gasteiger partial charge in [-0.3, -0.25) is 4.79 Å². The molecule has 1 aromatic carbocycles. The number of rotatable bonds is 4.